The minimum atomic E-state index is -0.932. The Morgan fingerprint density at radius 2 is 1.89 bits per heavy atom. The fraction of sp³-hybridized carbons (Fsp3) is 0.143. The van der Waals surface area contributed by atoms with Gasteiger partial charge in [0.15, 0.2) is 0 Å². The van der Waals surface area contributed by atoms with Crippen LogP contribution in [0.4, 0.5) is 4.39 Å². The largest absolute Gasteiger partial charge is 0.318 e. The fourth-order valence-electron chi connectivity index (χ4n) is 1.87. The van der Waals surface area contributed by atoms with E-state index in [-0.39, 0.29) is 5.82 Å². The summed E-state index contributed by atoms with van der Waals surface area (Å²) in [5, 5.41) is 0.583. The summed E-state index contributed by atoms with van der Waals surface area (Å²) in [7, 11) is 0. The molecule has 0 aliphatic rings. The predicted molar refractivity (Wildman–Crippen MR) is 76.2 cm³/mol. The highest BCUT2D eigenvalue weighted by atomic mass is 79.9. The van der Waals surface area contributed by atoms with Gasteiger partial charge < -0.3 is 5.73 Å². The van der Waals surface area contributed by atoms with Crippen LogP contribution in [-0.4, -0.2) is 0 Å². The SMILES string of the molecule is CC(N)(c1cccc(Cl)c1)c1cccc(Br)c1F. The van der Waals surface area contributed by atoms with E-state index in [2.05, 4.69) is 15.9 Å². The maximum Gasteiger partial charge on any atom is 0.142 e. The first-order valence-corrected chi connectivity index (χ1v) is 6.59. The van der Waals surface area contributed by atoms with Gasteiger partial charge in [-0.3, -0.25) is 0 Å². The maximum absolute atomic E-state index is 14.1. The lowest BCUT2D eigenvalue weighted by atomic mass is 9.85. The number of rotatable bonds is 2. The molecule has 0 saturated carbocycles. The lowest BCUT2D eigenvalue weighted by Crippen LogP contribution is -2.35. The molecule has 2 aromatic carbocycles. The topological polar surface area (TPSA) is 26.0 Å². The van der Waals surface area contributed by atoms with Gasteiger partial charge in [-0.25, -0.2) is 4.39 Å². The third-order valence-corrected chi connectivity index (χ3v) is 3.78. The van der Waals surface area contributed by atoms with Crippen molar-refractivity contribution in [2.45, 2.75) is 12.5 Å². The van der Waals surface area contributed by atoms with E-state index in [9.17, 15) is 4.39 Å². The van der Waals surface area contributed by atoms with Gasteiger partial charge in [-0.15, -0.1) is 0 Å². The average molecular weight is 329 g/mol. The Kier molecular flexibility index (Phi) is 3.76. The van der Waals surface area contributed by atoms with Crippen molar-refractivity contribution in [1.29, 1.82) is 0 Å². The minimum absolute atomic E-state index is 0.345. The van der Waals surface area contributed by atoms with Gasteiger partial charge in [0.25, 0.3) is 0 Å². The minimum Gasteiger partial charge on any atom is -0.318 e. The number of hydrogen-bond donors (Lipinski definition) is 1. The second kappa shape index (κ2) is 5.00. The first-order chi connectivity index (χ1) is 8.43. The summed E-state index contributed by atoms with van der Waals surface area (Å²) in [6.45, 7) is 1.77. The quantitative estimate of drug-likeness (QED) is 0.865. The molecule has 0 radical (unpaired) electrons. The van der Waals surface area contributed by atoms with Crippen LogP contribution in [0.15, 0.2) is 46.9 Å². The fourth-order valence-corrected chi connectivity index (χ4v) is 2.43. The summed E-state index contributed by atoms with van der Waals surface area (Å²) < 4.78 is 14.5. The molecule has 4 heteroatoms. The maximum atomic E-state index is 14.1. The molecular formula is C14H12BrClFN. The summed E-state index contributed by atoms with van der Waals surface area (Å²) >= 11 is 9.12. The van der Waals surface area contributed by atoms with Gasteiger partial charge in [-0.2, -0.15) is 0 Å². The molecule has 2 rings (SSSR count). The predicted octanol–water partition coefficient (Wildman–Crippen LogP) is 4.46. The van der Waals surface area contributed by atoms with E-state index in [0.717, 1.165) is 5.56 Å². The van der Waals surface area contributed by atoms with Crippen LogP contribution >= 0.6 is 27.5 Å². The van der Waals surface area contributed by atoms with E-state index in [4.69, 9.17) is 17.3 Å². The molecule has 1 unspecified atom stereocenters. The van der Waals surface area contributed by atoms with Crippen LogP contribution in [0.2, 0.25) is 5.02 Å². The third kappa shape index (κ3) is 2.44. The average Bonchev–Trinajstić information content (AvgIpc) is 2.32. The Morgan fingerprint density at radius 3 is 2.56 bits per heavy atom. The van der Waals surface area contributed by atoms with E-state index in [1.807, 2.05) is 6.07 Å². The molecule has 2 aromatic rings. The number of hydrogen-bond acceptors (Lipinski definition) is 1. The molecule has 0 aliphatic heterocycles. The summed E-state index contributed by atoms with van der Waals surface area (Å²) in [5.74, 6) is -0.345. The van der Waals surface area contributed by atoms with Crippen LogP contribution in [0.25, 0.3) is 0 Å². The van der Waals surface area contributed by atoms with E-state index in [1.165, 1.54) is 0 Å². The van der Waals surface area contributed by atoms with Gasteiger partial charge in [0, 0.05) is 10.6 Å². The molecule has 0 heterocycles. The summed E-state index contributed by atoms with van der Waals surface area (Å²) in [4.78, 5) is 0. The second-order valence-corrected chi connectivity index (χ2v) is 5.60. The highest BCUT2D eigenvalue weighted by Gasteiger charge is 2.27. The van der Waals surface area contributed by atoms with Crippen molar-refractivity contribution in [2.75, 3.05) is 0 Å². The van der Waals surface area contributed by atoms with Gasteiger partial charge >= 0.3 is 0 Å². The van der Waals surface area contributed by atoms with Gasteiger partial charge in [0.2, 0.25) is 0 Å². The molecule has 18 heavy (non-hydrogen) atoms. The molecule has 1 nitrogen and oxygen atoms in total. The normalized spacial score (nSPS) is 14.3. The molecule has 0 aromatic heterocycles. The molecule has 94 valence electrons. The zero-order chi connectivity index (χ0) is 13.3. The lowest BCUT2D eigenvalue weighted by Gasteiger charge is -2.27. The molecular weight excluding hydrogens is 317 g/mol. The van der Waals surface area contributed by atoms with Crippen LogP contribution < -0.4 is 5.73 Å². The van der Waals surface area contributed by atoms with Crippen molar-refractivity contribution < 1.29 is 4.39 Å². The van der Waals surface area contributed by atoms with Crippen LogP contribution in [0.3, 0.4) is 0 Å². The van der Waals surface area contributed by atoms with Crippen molar-refractivity contribution in [1.82, 2.24) is 0 Å². The Labute approximate surface area is 119 Å². The van der Waals surface area contributed by atoms with Crippen molar-refractivity contribution >= 4 is 27.5 Å². The van der Waals surface area contributed by atoms with E-state index < -0.39 is 5.54 Å². The highest BCUT2D eigenvalue weighted by Crippen LogP contribution is 2.32. The first-order valence-electron chi connectivity index (χ1n) is 5.42. The summed E-state index contributed by atoms with van der Waals surface area (Å²) in [5.41, 5.74) is 6.55. The van der Waals surface area contributed by atoms with Crippen LogP contribution in [0.5, 0.6) is 0 Å². The number of nitrogens with two attached hydrogens (primary N) is 1. The molecule has 0 aliphatic carbocycles. The first kappa shape index (κ1) is 13.5. The Morgan fingerprint density at radius 1 is 1.22 bits per heavy atom. The second-order valence-electron chi connectivity index (χ2n) is 4.31. The Hall–Kier alpha value is -0.900. The van der Waals surface area contributed by atoms with Gasteiger partial charge in [0.1, 0.15) is 5.82 Å². The summed E-state index contributed by atoms with van der Waals surface area (Å²) in [6, 6.07) is 12.2. The van der Waals surface area contributed by atoms with Crippen molar-refractivity contribution in [3.05, 3.63) is 68.9 Å². The van der Waals surface area contributed by atoms with Gasteiger partial charge in [-0.05, 0) is 46.6 Å². The lowest BCUT2D eigenvalue weighted by molar-refractivity contribution is 0.527. The van der Waals surface area contributed by atoms with Crippen LogP contribution in [-0.2, 0) is 5.54 Å². The van der Waals surface area contributed by atoms with E-state index >= 15 is 0 Å². The smallest absolute Gasteiger partial charge is 0.142 e. The van der Waals surface area contributed by atoms with Crippen LogP contribution in [0, 0.1) is 5.82 Å². The third-order valence-electron chi connectivity index (χ3n) is 2.94. The molecule has 0 fully saturated rings. The summed E-state index contributed by atoms with van der Waals surface area (Å²) in [6.07, 6.45) is 0. The standard InChI is InChI=1S/C14H12BrClFN/c1-14(18,9-4-2-5-10(16)8-9)11-6-3-7-12(15)13(11)17/h2-8H,18H2,1H3. The Bertz CT molecular complexity index is 584. The highest BCUT2D eigenvalue weighted by molar-refractivity contribution is 9.10. The number of benzene rings is 2. The van der Waals surface area contributed by atoms with E-state index in [1.54, 1.807) is 43.3 Å². The molecule has 1 atom stereocenters. The monoisotopic (exact) mass is 327 g/mol. The van der Waals surface area contributed by atoms with Crippen molar-refractivity contribution in [2.24, 2.45) is 5.73 Å². The van der Waals surface area contributed by atoms with E-state index in [0.29, 0.717) is 15.1 Å². The zero-order valence-electron chi connectivity index (χ0n) is 9.75. The molecule has 0 bridgehead atoms. The molecule has 2 N–H and O–H groups in total. The molecule has 0 amide bonds. The van der Waals surface area contributed by atoms with Crippen LogP contribution in [0.1, 0.15) is 18.1 Å². The van der Waals surface area contributed by atoms with Crippen molar-refractivity contribution in [3.63, 3.8) is 0 Å². The zero-order valence-corrected chi connectivity index (χ0v) is 12.1. The van der Waals surface area contributed by atoms with Gasteiger partial charge in [0.05, 0.1) is 10.0 Å². The Balaban J connectivity index is 2.57. The van der Waals surface area contributed by atoms with Gasteiger partial charge in [-0.1, -0.05) is 35.9 Å². The molecule has 0 saturated heterocycles. The van der Waals surface area contributed by atoms with Crippen molar-refractivity contribution in [3.8, 4) is 0 Å². The molecule has 0 spiro atoms. The number of halogens is 3.